The first-order valence-electron chi connectivity index (χ1n) is 6.66. The van der Waals surface area contributed by atoms with E-state index in [-0.39, 0.29) is 0 Å². The van der Waals surface area contributed by atoms with Crippen LogP contribution in [0.5, 0.6) is 5.75 Å². The van der Waals surface area contributed by atoms with Gasteiger partial charge in [0.05, 0.1) is 26.0 Å². The topological polar surface area (TPSA) is 43.4 Å². The van der Waals surface area contributed by atoms with Gasteiger partial charge in [0, 0.05) is 11.9 Å². The van der Waals surface area contributed by atoms with E-state index >= 15 is 0 Å². The Labute approximate surface area is 123 Å². The van der Waals surface area contributed by atoms with E-state index in [2.05, 4.69) is 22.6 Å². The van der Waals surface area contributed by atoms with Gasteiger partial charge < -0.3 is 14.8 Å². The van der Waals surface area contributed by atoms with Crippen LogP contribution in [0.4, 0.5) is 0 Å². The number of aromatic nitrogens is 1. The van der Waals surface area contributed by atoms with Gasteiger partial charge in [0.2, 0.25) is 0 Å². The summed E-state index contributed by atoms with van der Waals surface area (Å²) in [6.45, 7) is 4.99. The Hall–Kier alpha value is -1.43. The molecule has 108 valence electrons. The largest absolute Gasteiger partial charge is 0.497 e. The van der Waals surface area contributed by atoms with E-state index < -0.39 is 0 Å². The number of thiazole rings is 1. The summed E-state index contributed by atoms with van der Waals surface area (Å²) in [5, 5.41) is 6.42. The summed E-state index contributed by atoms with van der Waals surface area (Å²) < 4.78 is 10.9. The van der Waals surface area contributed by atoms with Crippen molar-refractivity contribution in [2.24, 2.45) is 0 Å². The molecule has 0 amide bonds. The maximum atomic E-state index is 5.69. The smallest absolute Gasteiger partial charge is 0.119 e. The Morgan fingerprint density at radius 3 is 3.00 bits per heavy atom. The van der Waals surface area contributed by atoms with Crippen molar-refractivity contribution in [3.8, 4) is 5.75 Å². The highest BCUT2D eigenvalue weighted by Gasteiger charge is 2.02. The summed E-state index contributed by atoms with van der Waals surface area (Å²) in [6, 6.07) is 7.91. The summed E-state index contributed by atoms with van der Waals surface area (Å²) in [5.74, 6) is 0.854. The number of nitrogens with one attached hydrogen (secondary N) is 1. The molecule has 0 fully saturated rings. The van der Waals surface area contributed by atoms with Crippen LogP contribution in [0.25, 0.3) is 0 Å². The third kappa shape index (κ3) is 4.59. The van der Waals surface area contributed by atoms with Crippen molar-refractivity contribution in [2.75, 3.05) is 13.7 Å². The third-order valence-corrected chi connectivity index (χ3v) is 3.68. The van der Waals surface area contributed by atoms with Gasteiger partial charge >= 0.3 is 0 Å². The van der Waals surface area contributed by atoms with Crippen molar-refractivity contribution in [1.29, 1.82) is 0 Å². The number of methoxy groups -OCH3 is 1. The monoisotopic (exact) mass is 292 g/mol. The first kappa shape index (κ1) is 15.0. The highest BCUT2D eigenvalue weighted by atomic mass is 32.1. The lowest BCUT2D eigenvalue weighted by molar-refractivity contribution is 0.105. The molecule has 0 aliphatic carbocycles. The fourth-order valence-electron chi connectivity index (χ4n) is 1.76. The van der Waals surface area contributed by atoms with Gasteiger partial charge in [-0.1, -0.05) is 19.1 Å². The molecule has 0 spiro atoms. The van der Waals surface area contributed by atoms with E-state index in [1.54, 1.807) is 18.4 Å². The third-order valence-electron chi connectivity index (χ3n) is 2.78. The second-order valence-corrected chi connectivity index (χ2v) is 5.30. The number of hydrogen-bond donors (Lipinski definition) is 1. The molecule has 0 atom stereocenters. The molecular formula is C15H20N2O2S. The van der Waals surface area contributed by atoms with Crippen molar-refractivity contribution >= 4 is 11.3 Å². The second kappa shape index (κ2) is 7.99. The van der Waals surface area contributed by atoms with Gasteiger partial charge in [-0.3, -0.25) is 0 Å². The number of rotatable bonds is 8. The van der Waals surface area contributed by atoms with E-state index in [1.165, 1.54) is 0 Å². The van der Waals surface area contributed by atoms with Crippen molar-refractivity contribution in [3.05, 3.63) is 45.9 Å². The van der Waals surface area contributed by atoms with Crippen LogP contribution in [0.3, 0.4) is 0 Å². The van der Waals surface area contributed by atoms with Crippen LogP contribution in [0.15, 0.2) is 29.6 Å². The molecule has 0 radical (unpaired) electrons. The van der Waals surface area contributed by atoms with Crippen LogP contribution >= 0.6 is 11.3 Å². The Bertz CT molecular complexity index is 528. The van der Waals surface area contributed by atoms with E-state index in [4.69, 9.17) is 9.47 Å². The molecule has 0 unspecified atom stereocenters. The molecule has 20 heavy (non-hydrogen) atoms. The molecule has 1 aromatic heterocycles. The number of ether oxygens (including phenoxy) is 2. The predicted octanol–water partition coefficient (Wildman–Crippen LogP) is 2.98. The van der Waals surface area contributed by atoms with Crippen LogP contribution < -0.4 is 10.1 Å². The maximum Gasteiger partial charge on any atom is 0.119 e. The summed E-state index contributed by atoms with van der Waals surface area (Å²) in [6.07, 6.45) is 0. The van der Waals surface area contributed by atoms with Gasteiger partial charge in [-0.2, -0.15) is 0 Å². The predicted molar refractivity (Wildman–Crippen MR) is 81.0 cm³/mol. The normalized spacial score (nSPS) is 10.7. The van der Waals surface area contributed by atoms with Crippen molar-refractivity contribution < 1.29 is 9.47 Å². The minimum atomic E-state index is 0.542. The lowest BCUT2D eigenvalue weighted by Crippen LogP contribution is -2.11. The SMILES string of the molecule is CCNCc1nc(COCc2cccc(OC)c2)cs1. The average molecular weight is 292 g/mol. The van der Waals surface area contributed by atoms with Gasteiger partial charge in [0.1, 0.15) is 10.8 Å². The molecule has 0 aliphatic rings. The molecule has 5 heteroatoms. The van der Waals surface area contributed by atoms with Crippen LogP contribution in [0, 0.1) is 0 Å². The van der Waals surface area contributed by atoms with Crippen LogP contribution in [-0.4, -0.2) is 18.6 Å². The molecule has 0 saturated heterocycles. The fraction of sp³-hybridized carbons (Fsp3) is 0.400. The molecule has 1 aromatic carbocycles. The van der Waals surface area contributed by atoms with Gasteiger partial charge in [-0.15, -0.1) is 11.3 Å². The van der Waals surface area contributed by atoms with Crippen LogP contribution in [0.1, 0.15) is 23.2 Å². The Kier molecular flexibility index (Phi) is 5.98. The van der Waals surface area contributed by atoms with Gasteiger partial charge in [0.25, 0.3) is 0 Å². The average Bonchev–Trinajstić information content (AvgIpc) is 2.93. The Morgan fingerprint density at radius 2 is 2.20 bits per heavy atom. The summed E-state index contributed by atoms with van der Waals surface area (Å²) in [4.78, 5) is 4.52. The molecule has 1 N–H and O–H groups in total. The zero-order valence-corrected chi connectivity index (χ0v) is 12.7. The van der Waals surface area contributed by atoms with Crippen molar-refractivity contribution in [2.45, 2.75) is 26.7 Å². The zero-order valence-electron chi connectivity index (χ0n) is 11.9. The highest BCUT2D eigenvalue weighted by Crippen LogP contribution is 2.15. The molecule has 0 aliphatic heterocycles. The molecular weight excluding hydrogens is 272 g/mol. The molecule has 2 aromatic rings. The van der Waals surface area contributed by atoms with Gasteiger partial charge in [0.15, 0.2) is 0 Å². The zero-order chi connectivity index (χ0) is 14.2. The molecule has 4 nitrogen and oxygen atoms in total. The number of benzene rings is 1. The molecule has 1 heterocycles. The standard InChI is InChI=1S/C15H20N2O2S/c1-3-16-8-15-17-13(11-20-15)10-19-9-12-5-4-6-14(7-12)18-2/h4-7,11,16H,3,8-10H2,1-2H3. The first-order valence-corrected chi connectivity index (χ1v) is 7.54. The summed E-state index contributed by atoms with van der Waals surface area (Å²) in [7, 11) is 1.67. The lowest BCUT2D eigenvalue weighted by atomic mass is 10.2. The molecule has 0 saturated carbocycles. The van der Waals surface area contributed by atoms with E-state index in [0.717, 1.165) is 35.1 Å². The van der Waals surface area contributed by atoms with Crippen LogP contribution in [0.2, 0.25) is 0 Å². The fourth-order valence-corrected chi connectivity index (χ4v) is 2.51. The number of nitrogens with zero attached hydrogens (tertiary/aromatic N) is 1. The Morgan fingerprint density at radius 1 is 1.30 bits per heavy atom. The van der Waals surface area contributed by atoms with Crippen LogP contribution in [-0.2, 0) is 24.5 Å². The summed E-state index contributed by atoms with van der Waals surface area (Å²) >= 11 is 1.67. The van der Waals surface area contributed by atoms with Gasteiger partial charge in [-0.05, 0) is 24.2 Å². The Balaban J connectivity index is 1.78. The summed E-state index contributed by atoms with van der Waals surface area (Å²) in [5.41, 5.74) is 2.10. The lowest BCUT2D eigenvalue weighted by Gasteiger charge is -2.05. The highest BCUT2D eigenvalue weighted by molar-refractivity contribution is 7.09. The molecule has 2 rings (SSSR count). The number of hydrogen-bond acceptors (Lipinski definition) is 5. The van der Waals surface area contributed by atoms with E-state index in [1.807, 2.05) is 24.3 Å². The minimum Gasteiger partial charge on any atom is -0.497 e. The van der Waals surface area contributed by atoms with Crippen molar-refractivity contribution in [1.82, 2.24) is 10.3 Å². The first-order chi connectivity index (χ1) is 9.81. The van der Waals surface area contributed by atoms with E-state index in [9.17, 15) is 0 Å². The quantitative estimate of drug-likeness (QED) is 0.812. The van der Waals surface area contributed by atoms with Gasteiger partial charge in [-0.25, -0.2) is 4.98 Å². The second-order valence-electron chi connectivity index (χ2n) is 4.36. The van der Waals surface area contributed by atoms with E-state index in [0.29, 0.717) is 13.2 Å². The minimum absolute atomic E-state index is 0.542. The maximum absolute atomic E-state index is 5.69. The van der Waals surface area contributed by atoms with Crippen molar-refractivity contribution in [3.63, 3.8) is 0 Å². The molecule has 0 bridgehead atoms.